The van der Waals surface area contributed by atoms with E-state index in [2.05, 4.69) is 31.0 Å². The number of allylic oxidation sites excluding steroid dienone is 2. The summed E-state index contributed by atoms with van der Waals surface area (Å²) >= 11 is 1.85. The summed E-state index contributed by atoms with van der Waals surface area (Å²) in [5, 5.41) is 2.84. The molecule has 0 spiro atoms. The van der Waals surface area contributed by atoms with Crippen molar-refractivity contribution < 1.29 is 28.2 Å². The molecule has 47 heavy (non-hydrogen) atoms. The average molecular weight is 697 g/mol. The molecule has 0 bridgehead atoms. The van der Waals surface area contributed by atoms with Crippen molar-refractivity contribution in [3.63, 3.8) is 0 Å². The molecule has 2 unspecified atom stereocenters. The van der Waals surface area contributed by atoms with E-state index < -0.39 is 20.8 Å². The molecule has 1 amide bonds. The molecule has 1 aliphatic heterocycles. The van der Waals surface area contributed by atoms with E-state index in [9.17, 15) is 9.69 Å². The van der Waals surface area contributed by atoms with E-state index in [1.807, 2.05) is 43.8 Å². The van der Waals surface area contributed by atoms with Crippen molar-refractivity contribution in [1.82, 2.24) is 10.2 Å². The van der Waals surface area contributed by atoms with Gasteiger partial charge in [-0.1, -0.05) is 115 Å². The number of amides is 1. The molecular weight excluding hydrogens is 631 g/mol. The molecule has 1 heterocycles. The maximum Gasteiger partial charge on any atom is 0.407 e. The number of ether oxygens (including phenoxy) is 2. The molecule has 0 saturated carbocycles. The summed E-state index contributed by atoms with van der Waals surface area (Å²) in [6, 6.07) is 7.70. The molecule has 2 N–H and O–H groups in total. The summed E-state index contributed by atoms with van der Waals surface area (Å²) in [6.45, 7) is 11.8. The highest BCUT2D eigenvalue weighted by molar-refractivity contribution is 8.03. The number of hydrogen-bond acceptors (Lipinski definition) is 8. The number of unbranched alkanes of at least 4 members (excludes halogenated alkanes) is 15. The van der Waals surface area contributed by atoms with Crippen molar-refractivity contribution >= 4 is 26.5 Å². The Kier molecular flexibility index (Phi) is 23.4. The Balaban J connectivity index is 1.51. The molecule has 8 nitrogen and oxygen atoms in total. The van der Waals surface area contributed by atoms with Gasteiger partial charge in [0.25, 0.3) is 0 Å². The summed E-state index contributed by atoms with van der Waals surface area (Å²) in [6.07, 6.45) is 20.1. The maximum absolute atomic E-state index is 12.3. The molecule has 2 atom stereocenters. The van der Waals surface area contributed by atoms with E-state index in [-0.39, 0.29) is 19.3 Å². The molecule has 10 heteroatoms. The minimum Gasteiger partial charge on any atom is -0.447 e. The molecule has 1 aliphatic rings. The molecule has 0 fully saturated rings. The number of nitrogens with one attached hydrogen (secondary N) is 1. The van der Waals surface area contributed by atoms with Crippen molar-refractivity contribution in [2.45, 2.75) is 156 Å². The van der Waals surface area contributed by atoms with Gasteiger partial charge in [0.1, 0.15) is 18.5 Å². The molecular formula is C37H65N2O6PS. The van der Waals surface area contributed by atoms with Gasteiger partial charge >= 0.3 is 14.7 Å². The lowest BCUT2D eigenvalue weighted by Crippen LogP contribution is -2.33. The first-order valence-electron chi connectivity index (χ1n) is 18.3. The second-order valence-corrected chi connectivity index (χ2v) is 15.1. The summed E-state index contributed by atoms with van der Waals surface area (Å²) < 4.78 is 22.5. The molecule has 1 aromatic carbocycles. The maximum atomic E-state index is 12.3. The lowest BCUT2D eigenvalue weighted by molar-refractivity contribution is -0.0488. The third kappa shape index (κ3) is 20.6. The minimum atomic E-state index is -2.17. The SMILES string of the molecule is CCCCCCCCCCCCCCCCCCNC(=O)OCC(COP(O)Oc1cccc(CN2CSC(C)=C2C)c1)OC(C)C. The first-order chi connectivity index (χ1) is 22.8. The Morgan fingerprint density at radius 1 is 0.915 bits per heavy atom. The van der Waals surface area contributed by atoms with Crippen LogP contribution in [0.15, 0.2) is 34.9 Å². The molecule has 1 aromatic rings. The van der Waals surface area contributed by atoms with Gasteiger partial charge in [-0.15, -0.1) is 11.8 Å². The Hall–Kier alpha value is -1.51. The largest absolute Gasteiger partial charge is 0.447 e. The predicted octanol–water partition coefficient (Wildman–Crippen LogP) is 10.8. The Bertz CT molecular complexity index is 997. The Labute approximate surface area is 292 Å². The van der Waals surface area contributed by atoms with Gasteiger partial charge in [0.05, 0.1) is 18.6 Å². The van der Waals surface area contributed by atoms with Crippen molar-refractivity contribution in [3.05, 3.63) is 40.4 Å². The fourth-order valence-corrected chi connectivity index (χ4v) is 7.15. The van der Waals surface area contributed by atoms with Crippen LogP contribution in [-0.4, -0.2) is 53.7 Å². The third-order valence-electron chi connectivity index (χ3n) is 8.41. The zero-order valence-electron chi connectivity index (χ0n) is 30.1. The van der Waals surface area contributed by atoms with E-state index in [1.54, 1.807) is 6.07 Å². The molecule has 2 rings (SSSR count). The smallest absolute Gasteiger partial charge is 0.407 e. The standard InChI is InChI=1S/C37H65N2O6PS/c1-6-7-8-9-10-11-12-13-14-15-16-17-18-19-20-21-25-38-37(40)42-28-36(44-31(2)3)29-43-46(41)45-35-24-22-23-34(26-35)27-39-30-47-33(5)32(39)4/h22-24,26,31,36,41H,6-21,25,27-30H2,1-5H3,(H,38,40). The third-order valence-corrected chi connectivity index (χ3v) is 10.3. The first-order valence-corrected chi connectivity index (χ1v) is 20.4. The highest BCUT2D eigenvalue weighted by atomic mass is 32.2. The van der Waals surface area contributed by atoms with Crippen LogP contribution in [-0.2, 0) is 20.5 Å². The van der Waals surface area contributed by atoms with Crippen LogP contribution in [0.4, 0.5) is 4.79 Å². The number of carbonyl (C=O) groups is 1. The van der Waals surface area contributed by atoms with Crippen LogP contribution in [0.3, 0.4) is 0 Å². The fourth-order valence-electron chi connectivity index (χ4n) is 5.54. The van der Waals surface area contributed by atoms with Crippen LogP contribution in [0.2, 0.25) is 0 Å². The summed E-state index contributed by atoms with van der Waals surface area (Å²) in [7, 11) is -2.17. The Morgan fingerprint density at radius 2 is 1.51 bits per heavy atom. The van der Waals surface area contributed by atoms with Crippen LogP contribution in [0, 0.1) is 0 Å². The summed E-state index contributed by atoms with van der Waals surface area (Å²) in [5.74, 6) is 1.49. The van der Waals surface area contributed by atoms with E-state index in [0.717, 1.165) is 30.8 Å². The number of thioether (sulfide) groups is 1. The highest BCUT2D eigenvalue weighted by Gasteiger charge is 2.20. The van der Waals surface area contributed by atoms with E-state index in [1.165, 1.54) is 100 Å². The van der Waals surface area contributed by atoms with Gasteiger partial charge in [0, 0.05) is 23.7 Å². The monoisotopic (exact) mass is 696 g/mol. The zero-order chi connectivity index (χ0) is 34.1. The second-order valence-electron chi connectivity index (χ2n) is 13.0. The van der Waals surface area contributed by atoms with Crippen LogP contribution in [0.25, 0.3) is 0 Å². The van der Waals surface area contributed by atoms with Gasteiger partial charge in [0.2, 0.25) is 0 Å². The minimum absolute atomic E-state index is 0.0295. The number of benzene rings is 1. The predicted molar refractivity (Wildman–Crippen MR) is 197 cm³/mol. The topological polar surface area (TPSA) is 89.5 Å². The average Bonchev–Trinajstić information content (AvgIpc) is 3.35. The number of nitrogens with zero attached hydrogens (tertiary/aromatic N) is 1. The number of alkyl carbamates (subject to hydrolysis) is 1. The van der Waals surface area contributed by atoms with Gasteiger partial charge in [-0.2, -0.15) is 0 Å². The highest BCUT2D eigenvalue weighted by Crippen LogP contribution is 2.36. The molecule has 270 valence electrons. The van der Waals surface area contributed by atoms with E-state index >= 15 is 0 Å². The van der Waals surface area contributed by atoms with Gasteiger partial charge in [-0.05, 0) is 51.8 Å². The first kappa shape index (κ1) is 41.7. The lowest BCUT2D eigenvalue weighted by atomic mass is 10.0. The van der Waals surface area contributed by atoms with Crippen molar-refractivity contribution in [1.29, 1.82) is 0 Å². The summed E-state index contributed by atoms with van der Waals surface area (Å²) in [5.41, 5.74) is 2.39. The molecule has 0 saturated heterocycles. The van der Waals surface area contributed by atoms with Crippen LogP contribution >= 0.6 is 20.4 Å². The summed E-state index contributed by atoms with van der Waals surface area (Å²) in [4.78, 5) is 26.4. The quantitative estimate of drug-likeness (QED) is 0.0661. The van der Waals surface area contributed by atoms with E-state index in [4.69, 9.17) is 18.5 Å². The van der Waals surface area contributed by atoms with Gasteiger partial charge < -0.3 is 29.1 Å². The number of hydrogen-bond donors (Lipinski definition) is 2. The van der Waals surface area contributed by atoms with Gasteiger partial charge in [-0.25, -0.2) is 4.79 Å². The zero-order valence-corrected chi connectivity index (χ0v) is 31.8. The normalized spacial score (nSPS) is 14.6. The van der Waals surface area contributed by atoms with Crippen molar-refractivity contribution in [2.24, 2.45) is 0 Å². The van der Waals surface area contributed by atoms with Crippen LogP contribution < -0.4 is 9.84 Å². The van der Waals surface area contributed by atoms with Gasteiger partial charge in [0.15, 0.2) is 0 Å². The van der Waals surface area contributed by atoms with Gasteiger partial charge in [-0.3, -0.25) is 4.52 Å². The molecule has 0 aromatic heterocycles. The lowest BCUT2D eigenvalue weighted by Gasteiger charge is -2.22. The van der Waals surface area contributed by atoms with Crippen molar-refractivity contribution in [3.8, 4) is 5.75 Å². The number of carbonyl (C=O) groups excluding carboxylic acids is 1. The van der Waals surface area contributed by atoms with Crippen LogP contribution in [0.5, 0.6) is 5.75 Å². The number of rotatable bonds is 28. The molecule has 0 radical (unpaired) electrons. The fraction of sp³-hybridized carbons (Fsp3) is 0.757. The van der Waals surface area contributed by atoms with Crippen LogP contribution in [0.1, 0.15) is 143 Å². The Morgan fingerprint density at radius 3 is 2.06 bits per heavy atom. The molecule has 0 aliphatic carbocycles. The van der Waals surface area contributed by atoms with Crippen molar-refractivity contribution in [2.75, 3.05) is 25.6 Å². The second kappa shape index (κ2) is 26.4. The van der Waals surface area contributed by atoms with E-state index in [0.29, 0.717) is 12.3 Å².